The zero-order chi connectivity index (χ0) is 19.0. The van der Waals surface area contributed by atoms with Gasteiger partial charge >= 0.3 is 0 Å². The molecule has 0 amide bonds. The molecule has 154 valence electrons. The van der Waals surface area contributed by atoms with Crippen LogP contribution in [-0.4, -0.2) is 38.8 Å². The van der Waals surface area contributed by atoms with Gasteiger partial charge in [0.1, 0.15) is 0 Å². The summed E-state index contributed by atoms with van der Waals surface area (Å²) in [5.41, 5.74) is 2.83. The van der Waals surface area contributed by atoms with Gasteiger partial charge in [-0.25, -0.2) is 0 Å². The smallest absolute Gasteiger partial charge is 0.191 e. The van der Waals surface area contributed by atoms with Crippen LogP contribution in [0.15, 0.2) is 52.2 Å². The highest BCUT2D eigenvalue weighted by Crippen LogP contribution is 2.35. The van der Waals surface area contributed by atoms with Gasteiger partial charge in [-0.15, -0.1) is 24.0 Å². The molecule has 28 heavy (non-hydrogen) atoms. The fourth-order valence-electron chi connectivity index (χ4n) is 3.59. The maximum absolute atomic E-state index is 5.64. The average molecular weight is 513 g/mol. The Bertz CT molecular complexity index is 700. The summed E-state index contributed by atoms with van der Waals surface area (Å²) in [6.45, 7) is 8.50. The molecule has 4 nitrogen and oxygen atoms in total. The van der Waals surface area contributed by atoms with Crippen molar-refractivity contribution in [1.29, 1.82) is 0 Å². The number of nitrogens with one attached hydrogen (secondary N) is 2. The average Bonchev–Trinajstić information content (AvgIpc) is 3.26. The number of halogens is 1. The molecule has 0 saturated carbocycles. The molecule has 1 atom stereocenters. The van der Waals surface area contributed by atoms with Crippen molar-refractivity contribution >= 4 is 41.3 Å². The van der Waals surface area contributed by atoms with Crippen LogP contribution in [0.2, 0.25) is 0 Å². The lowest BCUT2D eigenvalue weighted by Crippen LogP contribution is -2.42. The van der Waals surface area contributed by atoms with Crippen LogP contribution < -0.4 is 10.6 Å². The van der Waals surface area contributed by atoms with Gasteiger partial charge in [-0.3, -0.25) is 4.99 Å². The standard InChI is InChI=1S/C22H31N3OS.HI/c1-3-23-21(24-15-18(2)19-9-14-27-16-19)25-17-22(10-12-26-13-11-22)20-7-5-4-6-8-20;/h4-9,14,16,18H,3,10-13,15,17H2,1-2H3,(H2,23,24,25);1H. The van der Waals surface area contributed by atoms with Crippen LogP contribution in [0.4, 0.5) is 0 Å². The van der Waals surface area contributed by atoms with Crippen LogP contribution in [0.5, 0.6) is 0 Å². The quantitative estimate of drug-likeness (QED) is 0.319. The van der Waals surface area contributed by atoms with E-state index >= 15 is 0 Å². The zero-order valence-corrected chi connectivity index (χ0v) is 20.0. The van der Waals surface area contributed by atoms with E-state index in [9.17, 15) is 0 Å². The zero-order valence-electron chi connectivity index (χ0n) is 16.8. The molecule has 0 aliphatic carbocycles. The minimum atomic E-state index is 0. The molecule has 1 aromatic carbocycles. The molecule has 3 rings (SSSR count). The van der Waals surface area contributed by atoms with E-state index in [2.05, 4.69) is 71.6 Å². The van der Waals surface area contributed by atoms with Crippen molar-refractivity contribution in [3.05, 3.63) is 58.3 Å². The Hall–Kier alpha value is -1.12. The summed E-state index contributed by atoms with van der Waals surface area (Å²) in [4.78, 5) is 4.98. The fourth-order valence-corrected chi connectivity index (χ4v) is 4.37. The van der Waals surface area contributed by atoms with Gasteiger partial charge in [0.2, 0.25) is 0 Å². The van der Waals surface area contributed by atoms with E-state index in [0.717, 1.165) is 51.6 Å². The molecule has 0 radical (unpaired) electrons. The summed E-state index contributed by atoms with van der Waals surface area (Å²) in [6, 6.07) is 13.0. The lowest BCUT2D eigenvalue weighted by atomic mass is 9.74. The van der Waals surface area contributed by atoms with Crippen LogP contribution >= 0.6 is 35.3 Å². The van der Waals surface area contributed by atoms with Gasteiger partial charge in [0.15, 0.2) is 5.96 Å². The third kappa shape index (κ3) is 6.19. The Labute approximate surface area is 190 Å². The van der Waals surface area contributed by atoms with Gasteiger partial charge < -0.3 is 15.4 Å². The Morgan fingerprint density at radius 1 is 1.18 bits per heavy atom. The van der Waals surface area contributed by atoms with Gasteiger partial charge in [0.05, 0.1) is 6.54 Å². The largest absolute Gasteiger partial charge is 0.381 e. The van der Waals surface area contributed by atoms with Gasteiger partial charge in [-0.05, 0) is 53.6 Å². The van der Waals surface area contributed by atoms with Crippen molar-refractivity contribution in [3.63, 3.8) is 0 Å². The highest BCUT2D eigenvalue weighted by molar-refractivity contribution is 14.0. The number of nitrogens with zero attached hydrogens (tertiary/aromatic N) is 1. The van der Waals surface area contributed by atoms with Crippen LogP contribution in [0.1, 0.15) is 43.7 Å². The summed E-state index contributed by atoms with van der Waals surface area (Å²) in [5, 5.41) is 11.3. The first-order chi connectivity index (χ1) is 13.2. The van der Waals surface area contributed by atoms with Crippen LogP contribution in [0.25, 0.3) is 0 Å². The van der Waals surface area contributed by atoms with Crippen LogP contribution in [0, 0.1) is 0 Å². The molecule has 1 aliphatic rings. The Morgan fingerprint density at radius 2 is 1.93 bits per heavy atom. The minimum Gasteiger partial charge on any atom is -0.381 e. The number of rotatable bonds is 7. The molecule has 1 saturated heterocycles. The van der Waals surface area contributed by atoms with Crippen LogP contribution in [0.3, 0.4) is 0 Å². The van der Waals surface area contributed by atoms with Gasteiger partial charge in [0.25, 0.3) is 0 Å². The number of ether oxygens (including phenoxy) is 1. The molecule has 1 fully saturated rings. The number of hydrogen-bond acceptors (Lipinski definition) is 3. The SMILES string of the molecule is CCNC(=NCC1(c2ccccc2)CCOCC1)NCC(C)c1ccsc1.I. The lowest BCUT2D eigenvalue weighted by Gasteiger charge is -2.36. The lowest BCUT2D eigenvalue weighted by molar-refractivity contribution is 0.0531. The molecule has 2 aromatic rings. The summed E-state index contributed by atoms with van der Waals surface area (Å²) in [5.74, 6) is 1.37. The number of guanidine groups is 1. The van der Waals surface area contributed by atoms with Crippen molar-refractivity contribution in [3.8, 4) is 0 Å². The monoisotopic (exact) mass is 513 g/mol. The first kappa shape index (κ1) is 23.2. The van der Waals surface area contributed by atoms with Gasteiger partial charge in [0, 0.05) is 31.7 Å². The van der Waals surface area contributed by atoms with Crippen molar-refractivity contribution in [2.75, 3.05) is 32.8 Å². The second-order valence-electron chi connectivity index (χ2n) is 7.29. The number of benzene rings is 1. The summed E-state index contributed by atoms with van der Waals surface area (Å²) in [6.07, 6.45) is 2.04. The highest BCUT2D eigenvalue weighted by atomic mass is 127. The van der Waals surface area contributed by atoms with Crippen molar-refractivity contribution in [1.82, 2.24) is 10.6 Å². The number of aliphatic imine (C=N–C) groups is 1. The second-order valence-corrected chi connectivity index (χ2v) is 8.07. The number of hydrogen-bond donors (Lipinski definition) is 2. The maximum Gasteiger partial charge on any atom is 0.191 e. The van der Waals surface area contributed by atoms with E-state index < -0.39 is 0 Å². The highest BCUT2D eigenvalue weighted by Gasteiger charge is 2.34. The summed E-state index contributed by atoms with van der Waals surface area (Å²) >= 11 is 1.75. The van der Waals surface area contributed by atoms with Gasteiger partial charge in [-0.1, -0.05) is 37.3 Å². The molecule has 2 heterocycles. The van der Waals surface area contributed by atoms with E-state index in [1.165, 1.54) is 11.1 Å². The third-order valence-electron chi connectivity index (χ3n) is 5.41. The Kier molecular flexibility index (Phi) is 9.74. The fraction of sp³-hybridized carbons (Fsp3) is 0.500. The predicted octanol–water partition coefficient (Wildman–Crippen LogP) is 4.77. The van der Waals surface area contributed by atoms with Crippen molar-refractivity contribution in [2.45, 2.75) is 38.0 Å². The second kappa shape index (κ2) is 11.8. The maximum atomic E-state index is 5.64. The number of thiophene rings is 1. The molecular weight excluding hydrogens is 481 g/mol. The molecule has 0 spiro atoms. The first-order valence-corrected chi connectivity index (χ1v) is 10.9. The van der Waals surface area contributed by atoms with E-state index in [-0.39, 0.29) is 29.4 Å². The van der Waals surface area contributed by atoms with E-state index in [1.54, 1.807) is 11.3 Å². The van der Waals surface area contributed by atoms with Crippen molar-refractivity contribution in [2.24, 2.45) is 4.99 Å². The molecular formula is C22H32IN3OS. The third-order valence-corrected chi connectivity index (χ3v) is 6.11. The normalized spacial score (nSPS) is 17.4. The topological polar surface area (TPSA) is 45.7 Å². The predicted molar refractivity (Wildman–Crippen MR) is 130 cm³/mol. The summed E-state index contributed by atoms with van der Waals surface area (Å²) in [7, 11) is 0. The molecule has 2 N–H and O–H groups in total. The van der Waals surface area contributed by atoms with E-state index in [0.29, 0.717) is 5.92 Å². The summed E-state index contributed by atoms with van der Waals surface area (Å²) < 4.78 is 5.64. The molecule has 1 aliphatic heterocycles. The van der Waals surface area contributed by atoms with Crippen molar-refractivity contribution < 1.29 is 4.74 Å². The Morgan fingerprint density at radius 3 is 2.57 bits per heavy atom. The minimum absolute atomic E-state index is 0. The molecule has 1 aromatic heterocycles. The Balaban J connectivity index is 0.00000280. The molecule has 6 heteroatoms. The molecule has 0 bridgehead atoms. The molecule has 1 unspecified atom stereocenters. The van der Waals surface area contributed by atoms with E-state index in [4.69, 9.17) is 9.73 Å². The first-order valence-electron chi connectivity index (χ1n) is 9.91. The van der Waals surface area contributed by atoms with E-state index in [1.807, 2.05) is 0 Å². The van der Waals surface area contributed by atoms with Crippen LogP contribution in [-0.2, 0) is 10.2 Å². The van der Waals surface area contributed by atoms with Gasteiger partial charge in [-0.2, -0.15) is 11.3 Å².